The lowest BCUT2D eigenvalue weighted by molar-refractivity contribution is 0.476. The fraction of sp³-hybridized carbons (Fsp3) is 0.684. The van der Waals surface area contributed by atoms with Crippen LogP contribution in [0.15, 0.2) is 12.1 Å². The normalized spacial score (nSPS) is 11.9. The first-order valence-corrected chi connectivity index (χ1v) is 10.1. The Hall–Kier alpha value is 0.230. The van der Waals surface area contributed by atoms with Gasteiger partial charge in [-0.25, -0.2) is 0 Å². The summed E-state index contributed by atoms with van der Waals surface area (Å²) in [7, 11) is 3.17. The van der Waals surface area contributed by atoms with Gasteiger partial charge in [-0.15, -0.1) is 9.24 Å². The van der Waals surface area contributed by atoms with Crippen molar-refractivity contribution in [2.24, 2.45) is 0 Å². The summed E-state index contributed by atoms with van der Waals surface area (Å²) >= 11 is 12.9. The van der Waals surface area contributed by atoms with Crippen LogP contribution in [-0.2, 0) is 11.6 Å². The van der Waals surface area contributed by atoms with E-state index in [1.165, 1.54) is 56.1 Å². The molecular weight excluding hydrogens is 330 g/mol. The van der Waals surface area contributed by atoms with Crippen LogP contribution in [0.5, 0.6) is 0 Å². The maximum absolute atomic E-state index is 6.57. The van der Waals surface area contributed by atoms with Gasteiger partial charge in [0.15, 0.2) is 0 Å². The molecule has 0 saturated carbocycles. The molecule has 0 N–H and O–H groups in total. The molecule has 0 saturated heterocycles. The van der Waals surface area contributed by atoms with Crippen LogP contribution in [0.2, 0.25) is 10.0 Å². The van der Waals surface area contributed by atoms with Crippen molar-refractivity contribution in [3.8, 4) is 0 Å². The maximum Gasteiger partial charge on any atom is 0.0627 e. The zero-order chi connectivity index (χ0) is 16.6. The Bertz CT molecular complexity index is 449. The monoisotopic (exact) mass is 360 g/mol. The van der Waals surface area contributed by atoms with E-state index in [0.29, 0.717) is 5.02 Å². The van der Waals surface area contributed by atoms with E-state index in [-0.39, 0.29) is 5.16 Å². The van der Waals surface area contributed by atoms with Crippen LogP contribution in [0.3, 0.4) is 0 Å². The van der Waals surface area contributed by atoms with Crippen molar-refractivity contribution in [2.75, 3.05) is 0 Å². The van der Waals surface area contributed by atoms with Crippen molar-refractivity contribution < 1.29 is 0 Å². The summed E-state index contributed by atoms with van der Waals surface area (Å²) in [6.07, 6.45) is 10.7. The summed E-state index contributed by atoms with van der Waals surface area (Å²) in [5.74, 6) is 0. The molecule has 0 fully saturated rings. The third kappa shape index (κ3) is 5.40. The second-order valence-electron chi connectivity index (χ2n) is 6.35. The average molecular weight is 361 g/mol. The molecule has 0 heterocycles. The number of benzene rings is 1. The van der Waals surface area contributed by atoms with Crippen LogP contribution >= 0.6 is 32.4 Å². The SMILES string of the molecule is CCCCc1c(C(P)(CCCC)CCCC)ccc(Cl)c1Cl. The van der Waals surface area contributed by atoms with E-state index in [2.05, 4.69) is 36.1 Å². The zero-order valence-corrected chi connectivity index (χ0v) is 17.0. The highest BCUT2D eigenvalue weighted by molar-refractivity contribution is 7.18. The van der Waals surface area contributed by atoms with Crippen molar-refractivity contribution >= 4 is 32.4 Å². The molecule has 0 spiro atoms. The molecule has 126 valence electrons. The van der Waals surface area contributed by atoms with Gasteiger partial charge < -0.3 is 0 Å². The fourth-order valence-corrected chi connectivity index (χ4v) is 4.15. The molecule has 0 aromatic heterocycles. The highest BCUT2D eigenvalue weighted by Gasteiger charge is 2.29. The molecule has 1 rings (SSSR count). The number of hydrogen-bond acceptors (Lipinski definition) is 0. The molecule has 1 unspecified atom stereocenters. The van der Waals surface area contributed by atoms with Gasteiger partial charge in [-0.05, 0) is 42.9 Å². The van der Waals surface area contributed by atoms with Crippen LogP contribution in [0, 0.1) is 0 Å². The van der Waals surface area contributed by atoms with Gasteiger partial charge in [0.1, 0.15) is 0 Å². The summed E-state index contributed by atoms with van der Waals surface area (Å²) in [4.78, 5) is 0. The molecule has 0 aliphatic rings. The molecule has 0 aliphatic heterocycles. The molecule has 1 aromatic rings. The van der Waals surface area contributed by atoms with E-state index in [9.17, 15) is 0 Å². The second kappa shape index (κ2) is 10.2. The Morgan fingerprint density at radius 2 is 1.45 bits per heavy atom. The van der Waals surface area contributed by atoms with E-state index < -0.39 is 0 Å². The summed E-state index contributed by atoms with van der Waals surface area (Å²) in [6.45, 7) is 6.75. The third-order valence-electron chi connectivity index (χ3n) is 4.47. The van der Waals surface area contributed by atoms with Gasteiger partial charge >= 0.3 is 0 Å². The number of hydrogen-bond donors (Lipinski definition) is 0. The fourth-order valence-electron chi connectivity index (χ4n) is 3.04. The summed E-state index contributed by atoms with van der Waals surface area (Å²) < 4.78 is 0. The standard InChI is InChI=1S/C19H31Cl2P/c1-4-7-10-15-16(11-12-17(20)18(15)21)19(22,13-8-5-2)14-9-6-3/h11-12H,4-10,13-14,22H2,1-3H3. The number of unbranched alkanes of at least 4 members (excludes halogenated alkanes) is 3. The topological polar surface area (TPSA) is 0 Å². The Balaban J connectivity index is 3.23. The van der Waals surface area contributed by atoms with Crippen LogP contribution < -0.4 is 0 Å². The van der Waals surface area contributed by atoms with Crippen molar-refractivity contribution in [1.29, 1.82) is 0 Å². The van der Waals surface area contributed by atoms with E-state index in [1.54, 1.807) is 0 Å². The Kier molecular flexibility index (Phi) is 9.37. The predicted molar refractivity (Wildman–Crippen MR) is 106 cm³/mol. The van der Waals surface area contributed by atoms with Crippen LogP contribution in [0.4, 0.5) is 0 Å². The van der Waals surface area contributed by atoms with Crippen LogP contribution in [-0.4, -0.2) is 0 Å². The lowest BCUT2D eigenvalue weighted by Crippen LogP contribution is -2.20. The lowest BCUT2D eigenvalue weighted by Gasteiger charge is -2.33. The largest absolute Gasteiger partial charge is 0.126 e. The van der Waals surface area contributed by atoms with E-state index in [4.69, 9.17) is 23.2 Å². The minimum Gasteiger partial charge on any atom is -0.126 e. The van der Waals surface area contributed by atoms with E-state index >= 15 is 0 Å². The molecule has 0 bridgehead atoms. The Morgan fingerprint density at radius 1 is 0.909 bits per heavy atom. The van der Waals surface area contributed by atoms with Gasteiger partial charge in [0.25, 0.3) is 0 Å². The molecule has 0 amide bonds. The van der Waals surface area contributed by atoms with Gasteiger partial charge in [0.05, 0.1) is 10.0 Å². The van der Waals surface area contributed by atoms with Crippen LogP contribution in [0.25, 0.3) is 0 Å². The molecule has 22 heavy (non-hydrogen) atoms. The molecule has 1 aromatic carbocycles. The van der Waals surface area contributed by atoms with Crippen molar-refractivity contribution in [2.45, 2.75) is 83.7 Å². The zero-order valence-electron chi connectivity index (χ0n) is 14.4. The van der Waals surface area contributed by atoms with Crippen molar-refractivity contribution in [1.82, 2.24) is 0 Å². The van der Waals surface area contributed by atoms with Gasteiger partial charge in [-0.1, -0.05) is 82.1 Å². The molecule has 1 atom stereocenters. The van der Waals surface area contributed by atoms with Gasteiger partial charge in [-0.3, -0.25) is 0 Å². The first-order valence-electron chi connectivity index (χ1n) is 8.76. The molecule has 0 radical (unpaired) electrons. The van der Waals surface area contributed by atoms with E-state index in [0.717, 1.165) is 17.9 Å². The van der Waals surface area contributed by atoms with Crippen LogP contribution in [0.1, 0.15) is 83.3 Å². The highest BCUT2D eigenvalue weighted by atomic mass is 35.5. The maximum atomic E-state index is 6.57. The summed E-state index contributed by atoms with van der Waals surface area (Å²) in [5, 5.41) is 1.60. The first-order chi connectivity index (χ1) is 10.5. The van der Waals surface area contributed by atoms with Crippen molar-refractivity contribution in [3.05, 3.63) is 33.3 Å². The average Bonchev–Trinajstić information content (AvgIpc) is 2.52. The second-order valence-corrected chi connectivity index (χ2v) is 8.24. The third-order valence-corrected chi connectivity index (χ3v) is 6.20. The van der Waals surface area contributed by atoms with E-state index in [1.807, 2.05) is 6.07 Å². The molecule has 3 heteroatoms. The predicted octanol–water partition coefficient (Wildman–Crippen LogP) is 7.79. The summed E-state index contributed by atoms with van der Waals surface area (Å²) in [5.41, 5.74) is 2.68. The number of halogens is 2. The quantitative estimate of drug-likeness (QED) is 0.373. The van der Waals surface area contributed by atoms with Crippen molar-refractivity contribution in [3.63, 3.8) is 0 Å². The Morgan fingerprint density at radius 3 is 1.95 bits per heavy atom. The lowest BCUT2D eigenvalue weighted by atomic mass is 9.84. The minimum atomic E-state index is 0.142. The minimum absolute atomic E-state index is 0.142. The Labute approximate surface area is 149 Å². The molecule has 0 nitrogen and oxygen atoms in total. The first kappa shape index (κ1) is 20.3. The van der Waals surface area contributed by atoms with Gasteiger partial charge in [-0.2, -0.15) is 0 Å². The molecule has 0 aliphatic carbocycles. The van der Waals surface area contributed by atoms with Gasteiger partial charge in [0.2, 0.25) is 0 Å². The highest BCUT2D eigenvalue weighted by Crippen LogP contribution is 2.46. The van der Waals surface area contributed by atoms with Gasteiger partial charge in [0, 0.05) is 5.16 Å². The molecular formula is C19H31Cl2P. The summed E-state index contributed by atoms with van der Waals surface area (Å²) in [6, 6.07) is 4.20. The smallest absolute Gasteiger partial charge is 0.0627 e. The number of rotatable bonds is 10.